The molecular formula is C28H47N3O. The van der Waals surface area contributed by atoms with Crippen LogP contribution in [-0.4, -0.2) is 63.4 Å². The van der Waals surface area contributed by atoms with Gasteiger partial charge in [0, 0.05) is 57.3 Å². The molecule has 32 heavy (non-hydrogen) atoms. The maximum Gasteiger partial charge on any atom is 0.0608 e. The molecule has 3 fully saturated rings. The molecule has 2 saturated heterocycles. The highest BCUT2D eigenvalue weighted by Gasteiger charge is 2.31. The molecule has 0 bridgehead atoms. The first-order valence-electron chi connectivity index (χ1n) is 13.5. The third-order valence-electron chi connectivity index (χ3n) is 8.25. The number of nitrogens with zero attached hydrogens (tertiary/aromatic N) is 3. The van der Waals surface area contributed by atoms with E-state index in [9.17, 15) is 0 Å². The van der Waals surface area contributed by atoms with Crippen LogP contribution in [0.5, 0.6) is 0 Å². The summed E-state index contributed by atoms with van der Waals surface area (Å²) in [5.41, 5.74) is 5.11. The van der Waals surface area contributed by atoms with Crippen molar-refractivity contribution in [3.05, 3.63) is 23.8 Å². The molecule has 3 aliphatic rings. The van der Waals surface area contributed by atoms with Crippen LogP contribution in [0.2, 0.25) is 0 Å². The summed E-state index contributed by atoms with van der Waals surface area (Å²) >= 11 is 0. The van der Waals surface area contributed by atoms with E-state index >= 15 is 0 Å². The Balaban J connectivity index is 1.52. The minimum atomic E-state index is 0.454. The molecule has 0 unspecified atom stereocenters. The molecule has 0 atom stereocenters. The van der Waals surface area contributed by atoms with E-state index < -0.39 is 0 Å². The van der Waals surface area contributed by atoms with E-state index in [-0.39, 0.29) is 0 Å². The zero-order valence-electron chi connectivity index (χ0n) is 21.2. The third kappa shape index (κ3) is 5.80. The number of hydrogen-bond donors (Lipinski definition) is 0. The monoisotopic (exact) mass is 441 g/mol. The van der Waals surface area contributed by atoms with E-state index in [2.05, 4.69) is 60.6 Å². The maximum atomic E-state index is 5.89. The summed E-state index contributed by atoms with van der Waals surface area (Å²) < 4.78 is 5.89. The van der Waals surface area contributed by atoms with Gasteiger partial charge < -0.3 is 14.5 Å². The van der Waals surface area contributed by atoms with Crippen LogP contribution in [0, 0.1) is 5.41 Å². The molecule has 0 aromatic heterocycles. The van der Waals surface area contributed by atoms with Crippen molar-refractivity contribution < 1.29 is 4.74 Å². The summed E-state index contributed by atoms with van der Waals surface area (Å²) in [4.78, 5) is 7.93. The summed E-state index contributed by atoms with van der Waals surface area (Å²) in [6.45, 7) is 18.4. The molecule has 180 valence electrons. The molecule has 0 spiro atoms. The fourth-order valence-corrected chi connectivity index (χ4v) is 6.11. The van der Waals surface area contributed by atoms with Gasteiger partial charge in [0.2, 0.25) is 0 Å². The predicted octanol–water partition coefficient (Wildman–Crippen LogP) is 5.91. The molecule has 1 saturated carbocycles. The van der Waals surface area contributed by atoms with Gasteiger partial charge in [-0.05, 0) is 93.5 Å². The second kappa shape index (κ2) is 10.8. The lowest BCUT2D eigenvalue weighted by Crippen LogP contribution is -2.47. The van der Waals surface area contributed by atoms with Crippen molar-refractivity contribution in [2.45, 2.75) is 84.7 Å². The van der Waals surface area contributed by atoms with Gasteiger partial charge in [-0.2, -0.15) is 0 Å². The Kier molecular flexibility index (Phi) is 8.04. The van der Waals surface area contributed by atoms with Crippen molar-refractivity contribution in [2.75, 3.05) is 62.2 Å². The summed E-state index contributed by atoms with van der Waals surface area (Å²) in [6.07, 6.45) is 9.41. The number of anilines is 2. The van der Waals surface area contributed by atoms with Gasteiger partial charge in [0.05, 0.1) is 6.10 Å². The Labute approximate surface area is 197 Å². The highest BCUT2D eigenvalue weighted by atomic mass is 16.5. The fraction of sp³-hybridized carbons (Fsp3) is 0.786. The number of rotatable bonds is 7. The van der Waals surface area contributed by atoms with Crippen LogP contribution in [0.1, 0.15) is 84.1 Å². The van der Waals surface area contributed by atoms with E-state index in [0.29, 0.717) is 17.4 Å². The standard InChI is InChI=1S/C28H47N3O/c1-5-15-29-18-20-31(21-19-29)27-8-7-24(30-16-11-25(12-17-30)32-6-2)22-26(27)23-9-13-28(3,4)14-10-23/h7-8,22-23,25H,5-6,9-21H2,1-4H3. The summed E-state index contributed by atoms with van der Waals surface area (Å²) in [6, 6.07) is 7.46. The Bertz CT molecular complexity index is 707. The van der Waals surface area contributed by atoms with Crippen LogP contribution in [0.4, 0.5) is 11.4 Å². The zero-order chi connectivity index (χ0) is 22.6. The zero-order valence-corrected chi connectivity index (χ0v) is 21.2. The molecule has 1 aliphatic carbocycles. The van der Waals surface area contributed by atoms with E-state index in [1.165, 1.54) is 76.2 Å². The number of piperidine rings is 1. The molecule has 2 aliphatic heterocycles. The molecular weight excluding hydrogens is 394 g/mol. The van der Waals surface area contributed by atoms with Gasteiger partial charge in [-0.3, -0.25) is 4.90 Å². The van der Waals surface area contributed by atoms with E-state index in [4.69, 9.17) is 4.74 Å². The van der Waals surface area contributed by atoms with Crippen molar-refractivity contribution in [2.24, 2.45) is 5.41 Å². The minimum Gasteiger partial charge on any atom is -0.378 e. The van der Waals surface area contributed by atoms with Gasteiger partial charge in [-0.1, -0.05) is 20.8 Å². The minimum absolute atomic E-state index is 0.454. The van der Waals surface area contributed by atoms with Gasteiger partial charge in [-0.15, -0.1) is 0 Å². The lowest BCUT2D eigenvalue weighted by molar-refractivity contribution is 0.0459. The van der Waals surface area contributed by atoms with Crippen molar-refractivity contribution in [1.82, 2.24) is 4.90 Å². The van der Waals surface area contributed by atoms with Crippen LogP contribution in [0.3, 0.4) is 0 Å². The number of ether oxygens (including phenoxy) is 1. The van der Waals surface area contributed by atoms with Crippen molar-refractivity contribution in [1.29, 1.82) is 0 Å². The van der Waals surface area contributed by atoms with Gasteiger partial charge in [0.15, 0.2) is 0 Å². The highest BCUT2D eigenvalue weighted by molar-refractivity contribution is 5.63. The van der Waals surface area contributed by atoms with Gasteiger partial charge >= 0.3 is 0 Å². The number of hydrogen-bond acceptors (Lipinski definition) is 4. The van der Waals surface area contributed by atoms with Crippen LogP contribution in [0.25, 0.3) is 0 Å². The average Bonchev–Trinajstić information content (AvgIpc) is 2.80. The van der Waals surface area contributed by atoms with Crippen LogP contribution in [0.15, 0.2) is 18.2 Å². The first kappa shape index (κ1) is 23.9. The van der Waals surface area contributed by atoms with Crippen LogP contribution in [-0.2, 0) is 4.74 Å². The first-order chi connectivity index (χ1) is 15.5. The Morgan fingerprint density at radius 1 is 0.875 bits per heavy atom. The number of piperazine rings is 1. The molecule has 1 aromatic carbocycles. The molecule has 4 rings (SSSR count). The fourth-order valence-electron chi connectivity index (χ4n) is 6.11. The Hall–Kier alpha value is -1.26. The summed E-state index contributed by atoms with van der Waals surface area (Å²) in [7, 11) is 0. The summed E-state index contributed by atoms with van der Waals surface area (Å²) in [5.74, 6) is 0.715. The summed E-state index contributed by atoms with van der Waals surface area (Å²) in [5, 5.41) is 0. The lowest BCUT2D eigenvalue weighted by Gasteiger charge is -2.40. The second-order valence-electron chi connectivity index (χ2n) is 11.2. The Morgan fingerprint density at radius 3 is 2.19 bits per heavy atom. The smallest absolute Gasteiger partial charge is 0.0608 e. The molecule has 0 amide bonds. The highest BCUT2D eigenvalue weighted by Crippen LogP contribution is 2.46. The molecule has 0 radical (unpaired) electrons. The van der Waals surface area contributed by atoms with E-state index in [0.717, 1.165) is 32.5 Å². The van der Waals surface area contributed by atoms with Crippen molar-refractivity contribution >= 4 is 11.4 Å². The van der Waals surface area contributed by atoms with E-state index in [1.807, 2.05) is 0 Å². The lowest BCUT2D eigenvalue weighted by atomic mass is 9.71. The molecule has 4 nitrogen and oxygen atoms in total. The predicted molar refractivity (Wildman–Crippen MR) is 137 cm³/mol. The largest absolute Gasteiger partial charge is 0.378 e. The molecule has 0 N–H and O–H groups in total. The van der Waals surface area contributed by atoms with Gasteiger partial charge in [-0.25, -0.2) is 0 Å². The second-order valence-corrected chi connectivity index (χ2v) is 11.2. The molecule has 2 heterocycles. The topological polar surface area (TPSA) is 19.0 Å². The van der Waals surface area contributed by atoms with Crippen LogP contribution < -0.4 is 9.80 Å². The van der Waals surface area contributed by atoms with Gasteiger partial charge in [0.25, 0.3) is 0 Å². The Morgan fingerprint density at radius 2 is 1.56 bits per heavy atom. The SMILES string of the molecule is CCCN1CCN(c2ccc(N3CCC(OCC)CC3)cc2C2CCC(C)(C)CC2)CC1. The molecule has 1 aromatic rings. The first-order valence-corrected chi connectivity index (χ1v) is 13.5. The third-order valence-corrected chi connectivity index (χ3v) is 8.25. The van der Waals surface area contributed by atoms with Crippen molar-refractivity contribution in [3.63, 3.8) is 0 Å². The quantitative estimate of drug-likeness (QED) is 0.524. The van der Waals surface area contributed by atoms with Crippen molar-refractivity contribution in [3.8, 4) is 0 Å². The van der Waals surface area contributed by atoms with E-state index in [1.54, 1.807) is 5.56 Å². The normalized spacial score (nSPS) is 23.6. The van der Waals surface area contributed by atoms with Gasteiger partial charge in [0.1, 0.15) is 0 Å². The molecule has 4 heteroatoms. The number of benzene rings is 1. The maximum absolute atomic E-state index is 5.89. The van der Waals surface area contributed by atoms with Crippen LogP contribution >= 0.6 is 0 Å². The average molecular weight is 442 g/mol.